The van der Waals surface area contributed by atoms with Crippen molar-refractivity contribution in [3.8, 4) is 5.75 Å². The Labute approximate surface area is 131 Å². The zero-order valence-electron chi connectivity index (χ0n) is 12.4. The molecule has 8 heteroatoms. The second-order valence-corrected chi connectivity index (χ2v) is 4.63. The number of pyridine rings is 1. The minimum Gasteiger partial charge on any atom is -0.492 e. The van der Waals surface area contributed by atoms with Crippen LogP contribution in [0.1, 0.15) is 10.4 Å². The molecule has 0 atom stereocenters. The first-order chi connectivity index (χ1) is 11.0. The third kappa shape index (κ3) is 4.16. The van der Waals surface area contributed by atoms with Crippen LogP contribution in [-0.2, 0) is 6.54 Å². The van der Waals surface area contributed by atoms with E-state index in [2.05, 4.69) is 5.32 Å². The van der Waals surface area contributed by atoms with E-state index in [4.69, 9.17) is 4.74 Å². The van der Waals surface area contributed by atoms with E-state index in [1.54, 1.807) is 0 Å². The fourth-order valence-corrected chi connectivity index (χ4v) is 1.91. The van der Waals surface area contributed by atoms with Crippen LogP contribution in [0.5, 0.6) is 5.75 Å². The molecule has 23 heavy (non-hydrogen) atoms. The number of non-ortho nitro benzene ring substituents is 1. The summed E-state index contributed by atoms with van der Waals surface area (Å²) in [6.45, 7) is 0.440. The lowest BCUT2D eigenvalue weighted by Gasteiger charge is -2.09. The van der Waals surface area contributed by atoms with Gasteiger partial charge in [-0.3, -0.25) is 19.7 Å². The first kappa shape index (κ1) is 16.2. The van der Waals surface area contributed by atoms with E-state index in [0.717, 1.165) is 0 Å². The Morgan fingerprint density at radius 3 is 2.57 bits per heavy atom. The first-order valence-electron chi connectivity index (χ1n) is 6.81. The molecule has 0 aliphatic carbocycles. The number of amides is 1. The highest BCUT2D eigenvalue weighted by Gasteiger charge is 2.07. The van der Waals surface area contributed by atoms with Crippen LogP contribution in [0, 0.1) is 10.1 Å². The van der Waals surface area contributed by atoms with Crippen LogP contribution in [-0.4, -0.2) is 29.1 Å². The lowest BCUT2D eigenvalue weighted by atomic mass is 10.2. The number of carbonyl (C=O) groups is 1. The molecule has 0 unspecified atom stereocenters. The van der Waals surface area contributed by atoms with E-state index < -0.39 is 4.92 Å². The van der Waals surface area contributed by atoms with Crippen LogP contribution >= 0.6 is 0 Å². The maximum absolute atomic E-state index is 11.7. The highest BCUT2D eigenvalue weighted by Crippen LogP contribution is 2.17. The Morgan fingerprint density at radius 2 is 1.96 bits per heavy atom. The Kier molecular flexibility index (Phi) is 5.08. The number of nitro groups is 1. The molecule has 0 saturated heterocycles. The summed E-state index contributed by atoms with van der Waals surface area (Å²) in [5.74, 6) is 0.182. The largest absolute Gasteiger partial charge is 0.492 e. The molecule has 1 aromatic carbocycles. The molecule has 2 aromatic rings. The normalized spacial score (nSPS) is 10.1. The summed E-state index contributed by atoms with van der Waals surface area (Å²) in [5, 5.41) is 13.0. The average Bonchev–Trinajstić information content (AvgIpc) is 2.56. The molecule has 0 radical (unpaired) electrons. The molecular weight excluding hydrogens is 302 g/mol. The third-order valence-electron chi connectivity index (χ3n) is 3.12. The number of nitrogens with zero attached hydrogens (tertiary/aromatic N) is 2. The maximum Gasteiger partial charge on any atom is 0.269 e. The Bertz CT molecular complexity index is 767. The van der Waals surface area contributed by atoms with Crippen molar-refractivity contribution in [2.24, 2.45) is 0 Å². The summed E-state index contributed by atoms with van der Waals surface area (Å²) in [5.41, 5.74) is 0.110. The molecular formula is C15H15N3O5. The van der Waals surface area contributed by atoms with E-state index in [9.17, 15) is 19.7 Å². The maximum atomic E-state index is 11.7. The van der Waals surface area contributed by atoms with Gasteiger partial charge in [0.15, 0.2) is 0 Å². The molecule has 0 fully saturated rings. The van der Waals surface area contributed by atoms with Crippen LogP contribution in [0.25, 0.3) is 0 Å². The van der Waals surface area contributed by atoms with E-state index >= 15 is 0 Å². The molecule has 8 nitrogen and oxygen atoms in total. The standard InChI is InChI=1S/C15H15N3O5/c1-16-15(20)11-2-7-14(19)17(10-11)8-9-23-13-5-3-12(4-6-13)18(21)22/h2-7,10H,8-9H2,1H3,(H,16,20). The smallest absolute Gasteiger partial charge is 0.269 e. The SMILES string of the molecule is CNC(=O)c1ccc(=O)n(CCOc2ccc([N+](=O)[O-])cc2)c1. The Balaban J connectivity index is 1.99. The molecule has 0 saturated carbocycles. The van der Waals surface area contributed by atoms with Crippen LogP contribution in [0.3, 0.4) is 0 Å². The minimum absolute atomic E-state index is 0.0214. The average molecular weight is 317 g/mol. The summed E-state index contributed by atoms with van der Waals surface area (Å²) in [4.78, 5) is 33.4. The highest BCUT2D eigenvalue weighted by molar-refractivity contribution is 5.93. The van der Waals surface area contributed by atoms with Crippen molar-refractivity contribution in [3.63, 3.8) is 0 Å². The van der Waals surface area contributed by atoms with Crippen molar-refractivity contribution in [1.82, 2.24) is 9.88 Å². The van der Waals surface area contributed by atoms with E-state index in [1.165, 1.54) is 54.2 Å². The number of nitro benzene ring substituents is 1. The van der Waals surface area contributed by atoms with Crippen LogP contribution in [0.2, 0.25) is 0 Å². The molecule has 1 amide bonds. The number of hydrogen-bond donors (Lipinski definition) is 1. The number of rotatable bonds is 6. The van der Waals surface area contributed by atoms with Gasteiger partial charge in [-0.1, -0.05) is 0 Å². The van der Waals surface area contributed by atoms with Crippen LogP contribution < -0.4 is 15.6 Å². The van der Waals surface area contributed by atoms with Gasteiger partial charge in [0.2, 0.25) is 0 Å². The number of aromatic nitrogens is 1. The molecule has 0 spiro atoms. The number of hydrogen-bond acceptors (Lipinski definition) is 5. The fourth-order valence-electron chi connectivity index (χ4n) is 1.91. The lowest BCUT2D eigenvalue weighted by Crippen LogP contribution is -2.25. The van der Waals surface area contributed by atoms with Crippen LogP contribution in [0.15, 0.2) is 47.4 Å². The molecule has 1 aromatic heterocycles. The van der Waals surface area contributed by atoms with Gasteiger partial charge >= 0.3 is 0 Å². The molecule has 1 N–H and O–H groups in total. The van der Waals surface area contributed by atoms with E-state index in [0.29, 0.717) is 11.3 Å². The predicted molar refractivity (Wildman–Crippen MR) is 82.7 cm³/mol. The van der Waals surface area contributed by atoms with E-state index in [1.807, 2.05) is 0 Å². The van der Waals surface area contributed by atoms with Crippen LogP contribution in [0.4, 0.5) is 5.69 Å². The van der Waals surface area contributed by atoms with Gasteiger partial charge in [0, 0.05) is 31.4 Å². The second-order valence-electron chi connectivity index (χ2n) is 4.63. The number of benzene rings is 1. The number of nitrogens with one attached hydrogen (secondary N) is 1. The van der Waals surface area contributed by atoms with Crippen molar-refractivity contribution in [1.29, 1.82) is 0 Å². The molecule has 0 aliphatic rings. The summed E-state index contributed by atoms with van der Waals surface area (Å²) >= 11 is 0. The zero-order chi connectivity index (χ0) is 16.8. The van der Waals surface area contributed by atoms with Gasteiger partial charge in [0.25, 0.3) is 17.2 Å². The van der Waals surface area contributed by atoms with Crippen molar-refractivity contribution >= 4 is 11.6 Å². The van der Waals surface area contributed by atoms with Gasteiger partial charge in [-0.15, -0.1) is 0 Å². The van der Waals surface area contributed by atoms with Gasteiger partial charge in [0.05, 0.1) is 17.0 Å². The third-order valence-corrected chi connectivity index (χ3v) is 3.12. The monoisotopic (exact) mass is 317 g/mol. The van der Waals surface area contributed by atoms with Gasteiger partial charge in [-0.25, -0.2) is 0 Å². The number of ether oxygens (including phenoxy) is 1. The van der Waals surface area contributed by atoms with Crippen molar-refractivity contribution in [2.75, 3.05) is 13.7 Å². The Morgan fingerprint density at radius 1 is 1.26 bits per heavy atom. The number of carbonyl (C=O) groups excluding carboxylic acids is 1. The minimum atomic E-state index is -0.492. The second kappa shape index (κ2) is 7.21. The molecule has 2 rings (SSSR count). The summed E-state index contributed by atoms with van der Waals surface area (Å²) in [7, 11) is 1.51. The summed E-state index contributed by atoms with van der Waals surface area (Å²) < 4.78 is 6.81. The van der Waals surface area contributed by atoms with Gasteiger partial charge in [-0.2, -0.15) is 0 Å². The van der Waals surface area contributed by atoms with Gasteiger partial charge in [-0.05, 0) is 18.2 Å². The summed E-state index contributed by atoms with van der Waals surface area (Å²) in [6, 6.07) is 8.43. The van der Waals surface area contributed by atoms with E-state index in [-0.39, 0.29) is 30.3 Å². The predicted octanol–water partition coefficient (Wildman–Crippen LogP) is 1.20. The highest BCUT2D eigenvalue weighted by atomic mass is 16.6. The molecule has 0 bridgehead atoms. The molecule has 120 valence electrons. The summed E-state index contributed by atoms with van der Waals surface area (Å²) in [6.07, 6.45) is 1.46. The fraction of sp³-hybridized carbons (Fsp3) is 0.200. The zero-order valence-corrected chi connectivity index (χ0v) is 12.4. The molecule has 0 aliphatic heterocycles. The van der Waals surface area contributed by atoms with Gasteiger partial charge in [0.1, 0.15) is 12.4 Å². The van der Waals surface area contributed by atoms with Crippen molar-refractivity contribution in [3.05, 3.63) is 68.6 Å². The molecule has 1 heterocycles. The van der Waals surface area contributed by atoms with Crippen molar-refractivity contribution in [2.45, 2.75) is 6.54 Å². The Hall–Kier alpha value is -3.16. The topological polar surface area (TPSA) is 103 Å². The quantitative estimate of drug-likeness (QED) is 0.637. The lowest BCUT2D eigenvalue weighted by molar-refractivity contribution is -0.384. The first-order valence-corrected chi connectivity index (χ1v) is 6.81. The van der Waals surface area contributed by atoms with Crippen molar-refractivity contribution < 1.29 is 14.5 Å². The van der Waals surface area contributed by atoms with Gasteiger partial charge < -0.3 is 14.6 Å².